The third kappa shape index (κ3) is 8.12. The van der Waals surface area contributed by atoms with Crippen LogP contribution in [-0.4, -0.2) is 60.2 Å². The van der Waals surface area contributed by atoms with E-state index >= 15 is 0 Å². The van der Waals surface area contributed by atoms with Crippen LogP contribution >= 0.6 is 0 Å². The van der Waals surface area contributed by atoms with Crippen LogP contribution in [0.1, 0.15) is 42.9 Å². The molecular weight excluding hydrogens is 598 g/mol. The Morgan fingerprint density at radius 2 is 1.60 bits per heavy atom. The van der Waals surface area contributed by atoms with Crippen molar-refractivity contribution in [3.63, 3.8) is 0 Å². The molecule has 0 aromatic heterocycles. The summed E-state index contributed by atoms with van der Waals surface area (Å²) < 4.78 is 18.5. The Balaban J connectivity index is 1.39. The molecule has 4 aromatic carbocycles. The lowest BCUT2D eigenvalue weighted by Crippen LogP contribution is -2.34. The van der Waals surface area contributed by atoms with Crippen molar-refractivity contribution < 1.29 is 39.1 Å². The third-order valence-corrected chi connectivity index (χ3v) is 7.90. The van der Waals surface area contributed by atoms with Gasteiger partial charge in [-0.15, -0.1) is 0 Å². The highest BCUT2D eigenvalue weighted by molar-refractivity contribution is 5.85. The lowest BCUT2D eigenvalue weighted by atomic mass is 9.92. The highest BCUT2D eigenvalue weighted by Gasteiger charge is 2.21. The van der Waals surface area contributed by atoms with Crippen LogP contribution in [0.3, 0.4) is 0 Å². The highest BCUT2D eigenvalue weighted by atomic mass is 16.5. The molecular formula is C38H39NO8. The second-order valence-electron chi connectivity index (χ2n) is 11.4. The molecule has 0 unspecified atom stereocenters. The number of carboxylic acids is 2. The number of hydrogen-bond donors (Lipinski definition) is 3. The Morgan fingerprint density at radius 1 is 0.830 bits per heavy atom. The summed E-state index contributed by atoms with van der Waals surface area (Å²) in [5, 5.41) is 30.6. The van der Waals surface area contributed by atoms with Gasteiger partial charge in [0.2, 0.25) is 0 Å². The van der Waals surface area contributed by atoms with Crippen molar-refractivity contribution in [2.75, 3.05) is 37.8 Å². The quantitative estimate of drug-likeness (QED) is 0.134. The Hall–Kier alpha value is -5.28. The summed E-state index contributed by atoms with van der Waals surface area (Å²) in [5.41, 5.74) is 5.18. The number of nitrogens with zero attached hydrogens (tertiary/aromatic N) is 1. The number of carbonyl (C=O) groups is 2. The van der Waals surface area contributed by atoms with Gasteiger partial charge in [-0.3, -0.25) is 9.59 Å². The zero-order valence-electron chi connectivity index (χ0n) is 26.6. The molecule has 244 valence electrons. The first-order valence-electron chi connectivity index (χ1n) is 15.7. The standard InChI is InChI=1S/C38H39NO8/c1-3-4-8-28(24-40)26-14-15-31-34(21-26)47-33-12-6-5-11-30(33)38(31)27-9-7-10-29(20-27)45-17-18-46-35-19-25(2)13-16-32(35)39(22-36(41)42)23-37(43)44/h5-7,9-16,19-21,40H,3-4,8,17-18,22-24H2,1-2H3,(H,41,42)(H,43,44)/b28-26-. The van der Waals surface area contributed by atoms with E-state index in [9.17, 15) is 24.9 Å². The normalized spacial score (nSPS) is 12.4. The van der Waals surface area contributed by atoms with Gasteiger partial charge in [0, 0.05) is 16.4 Å². The summed E-state index contributed by atoms with van der Waals surface area (Å²) in [5.74, 6) is 0.209. The minimum atomic E-state index is -1.14. The molecule has 3 N–H and O–H groups in total. The fourth-order valence-corrected chi connectivity index (χ4v) is 5.68. The first-order valence-corrected chi connectivity index (χ1v) is 15.7. The number of benzene rings is 4. The van der Waals surface area contributed by atoms with E-state index in [1.807, 2.05) is 67.6 Å². The maximum Gasteiger partial charge on any atom is 0.323 e. The first kappa shape index (κ1) is 33.1. The van der Waals surface area contributed by atoms with Crippen molar-refractivity contribution in [2.45, 2.75) is 33.1 Å². The zero-order valence-corrected chi connectivity index (χ0v) is 26.6. The van der Waals surface area contributed by atoms with Crippen LogP contribution in [0.4, 0.5) is 5.69 Å². The van der Waals surface area contributed by atoms with Crippen LogP contribution in [0.5, 0.6) is 23.0 Å². The van der Waals surface area contributed by atoms with Gasteiger partial charge >= 0.3 is 11.9 Å². The van der Waals surface area contributed by atoms with E-state index in [0.29, 0.717) is 17.2 Å². The van der Waals surface area contributed by atoms with Crippen LogP contribution in [-0.2, 0) is 9.59 Å². The van der Waals surface area contributed by atoms with Gasteiger partial charge in [0.15, 0.2) is 0 Å². The van der Waals surface area contributed by atoms with Crippen molar-refractivity contribution in [3.8, 4) is 23.0 Å². The second kappa shape index (κ2) is 15.3. The Kier molecular flexibility index (Phi) is 10.8. The van der Waals surface area contributed by atoms with Crippen molar-refractivity contribution in [2.24, 2.45) is 0 Å². The predicted molar refractivity (Wildman–Crippen MR) is 180 cm³/mol. The molecule has 0 fully saturated rings. The third-order valence-electron chi connectivity index (χ3n) is 7.90. The van der Waals surface area contributed by atoms with Crippen LogP contribution in [0, 0.1) is 6.92 Å². The smallest absolute Gasteiger partial charge is 0.323 e. The number of para-hydroxylation sites is 1. The molecule has 0 saturated heterocycles. The second-order valence-corrected chi connectivity index (χ2v) is 11.4. The van der Waals surface area contributed by atoms with Crippen molar-refractivity contribution >= 4 is 28.8 Å². The zero-order chi connectivity index (χ0) is 33.3. The molecule has 5 rings (SSSR count). The summed E-state index contributed by atoms with van der Waals surface area (Å²) in [7, 11) is 0. The average molecular weight is 638 g/mol. The molecule has 1 aliphatic heterocycles. The summed E-state index contributed by atoms with van der Waals surface area (Å²) in [6.45, 7) is 3.40. The molecule has 0 bridgehead atoms. The molecule has 0 atom stereocenters. The van der Waals surface area contributed by atoms with Gasteiger partial charge in [-0.1, -0.05) is 55.8 Å². The molecule has 0 saturated carbocycles. The maximum atomic E-state index is 11.4. The summed E-state index contributed by atoms with van der Waals surface area (Å²) in [6, 6.07) is 27.0. The first-order chi connectivity index (χ1) is 22.8. The molecule has 0 amide bonds. The molecule has 0 aliphatic carbocycles. The monoisotopic (exact) mass is 637 g/mol. The van der Waals surface area contributed by atoms with E-state index in [4.69, 9.17) is 14.2 Å². The van der Waals surface area contributed by atoms with Gasteiger partial charge in [0.25, 0.3) is 0 Å². The minimum absolute atomic E-state index is 0.00314. The molecule has 1 aliphatic rings. The number of carboxylic acid groups (broad SMARTS) is 2. The Labute approximate surface area is 273 Å². The Morgan fingerprint density at radius 3 is 2.34 bits per heavy atom. The molecule has 47 heavy (non-hydrogen) atoms. The number of aliphatic hydroxyl groups excluding tert-OH is 1. The van der Waals surface area contributed by atoms with E-state index in [2.05, 4.69) is 13.0 Å². The van der Waals surface area contributed by atoms with E-state index < -0.39 is 25.0 Å². The number of aliphatic hydroxyl groups is 1. The molecule has 0 spiro atoms. The Bertz CT molecular complexity index is 1870. The SMILES string of the molecule is CCCC/C(CO)=c1\ccc2c(c1)Oc1ccccc1C=2c1cccc(OCCOc2cc(C)ccc2N(CC(=O)O)CC(=O)O)c1. The minimum Gasteiger partial charge on any atom is -0.490 e. The van der Waals surface area contributed by atoms with Crippen LogP contribution in [0.25, 0.3) is 11.1 Å². The van der Waals surface area contributed by atoms with Gasteiger partial charge in [-0.2, -0.15) is 0 Å². The average Bonchev–Trinajstić information content (AvgIpc) is 3.05. The van der Waals surface area contributed by atoms with E-state index in [1.54, 1.807) is 18.2 Å². The molecule has 9 heteroatoms. The fraction of sp³-hybridized carbons (Fsp3) is 0.263. The van der Waals surface area contributed by atoms with Crippen molar-refractivity contribution in [1.29, 1.82) is 0 Å². The number of rotatable bonds is 15. The lowest BCUT2D eigenvalue weighted by Gasteiger charge is -2.24. The van der Waals surface area contributed by atoms with E-state index in [0.717, 1.165) is 69.0 Å². The van der Waals surface area contributed by atoms with Crippen LogP contribution in [0.15, 0.2) is 84.9 Å². The highest BCUT2D eigenvalue weighted by Crippen LogP contribution is 2.36. The topological polar surface area (TPSA) is 126 Å². The van der Waals surface area contributed by atoms with Crippen molar-refractivity contribution in [3.05, 3.63) is 112 Å². The number of ether oxygens (including phenoxy) is 3. The molecule has 0 radical (unpaired) electrons. The lowest BCUT2D eigenvalue weighted by molar-refractivity contribution is -0.136. The van der Waals surface area contributed by atoms with Gasteiger partial charge < -0.3 is 34.4 Å². The van der Waals surface area contributed by atoms with Gasteiger partial charge in [-0.25, -0.2) is 0 Å². The summed E-state index contributed by atoms with van der Waals surface area (Å²) >= 11 is 0. The number of aryl methyl sites for hydroxylation is 1. The van der Waals surface area contributed by atoms with Crippen LogP contribution in [0.2, 0.25) is 0 Å². The number of unbranched alkanes of at least 4 members (excludes halogenated alkanes) is 1. The summed E-state index contributed by atoms with van der Waals surface area (Å²) in [6.07, 6.45) is 2.88. The molecule has 9 nitrogen and oxygen atoms in total. The number of hydrogen-bond acceptors (Lipinski definition) is 7. The number of fused-ring (bicyclic) bond motifs is 2. The summed E-state index contributed by atoms with van der Waals surface area (Å²) in [4.78, 5) is 24.1. The van der Waals surface area contributed by atoms with Gasteiger partial charge in [-0.05, 0) is 84.1 Å². The molecule has 4 aromatic rings. The predicted octanol–water partition coefficient (Wildman–Crippen LogP) is 5.11. The van der Waals surface area contributed by atoms with Gasteiger partial charge in [0.05, 0.1) is 12.3 Å². The largest absolute Gasteiger partial charge is 0.490 e. The van der Waals surface area contributed by atoms with Crippen LogP contribution < -0.4 is 29.5 Å². The fourth-order valence-electron chi connectivity index (χ4n) is 5.68. The van der Waals surface area contributed by atoms with Crippen molar-refractivity contribution in [1.82, 2.24) is 0 Å². The van der Waals surface area contributed by atoms with Gasteiger partial charge in [0.1, 0.15) is 49.3 Å². The number of aliphatic carboxylic acids is 2. The molecule has 1 heterocycles. The maximum absolute atomic E-state index is 11.4. The number of anilines is 1. The van der Waals surface area contributed by atoms with E-state index in [1.165, 1.54) is 4.90 Å². The van der Waals surface area contributed by atoms with E-state index in [-0.39, 0.29) is 19.8 Å².